The van der Waals surface area contributed by atoms with Gasteiger partial charge in [-0.15, -0.1) is 0 Å². The minimum atomic E-state index is -0.641. The number of nitrogens with one attached hydrogen (secondary N) is 1. The van der Waals surface area contributed by atoms with Crippen molar-refractivity contribution in [1.82, 2.24) is 5.32 Å². The van der Waals surface area contributed by atoms with Crippen LogP contribution in [0.1, 0.15) is 33.1 Å². The SMILES string of the molecule is CNC1C(Oc2ccc(F)cc2F)CCCC1(C)C. The monoisotopic (exact) mass is 269 g/mol. The fourth-order valence-corrected chi connectivity index (χ4v) is 3.02. The van der Waals surface area contributed by atoms with Crippen molar-refractivity contribution in [2.24, 2.45) is 5.41 Å². The summed E-state index contributed by atoms with van der Waals surface area (Å²) < 4.78 is 32.3. The normalized spacial score (nSPS) is 26.2. The van der Waals surface area contributed by atoms with E-state index in [1.54, 1.807) is 0 Å². The lowest BCUT2D eigenvalue weighted by molar-refractivity contribution is 0.0379. The smallest absolute Gasteiger partial charge is 0.167 e. The van der Waals surface area contributed by atoms with E-state index in [1.807, 2.05) is 7.05 Å². The van der Waals surface area contributed by atoms with Gasteiger partial charge in [-0.05, 0) is 43.9 Å². The molecule has 0 bridgehead atoms. The maximum absolute atomic E-state index is 13.6. The maximum atomic E-state index is 13.6. The van der Waals surface area contributed by atoms with Crippen LogP contribution in [0.2, 0.25) is 0 Å². The Morgan fingerprint density at radius 1 is 1.32 bits per heavy atom. The van der Waals surface area contributed by atoms with Gasteiger partial charge in [0.1, 0.15) is 11.9 Å². The second kappa shape index (κ2) is 5.45. The first-order chi connectivity index (χ1) is 8.94. The highest BCUT2D eigenvalue weighted by molar-refractivity contribution is 5.25. The molecule has 0 radical (unpaired) electrons. The summed E-state index contributed by atoms with van der Waals surface area (Å²) in [5.41, 5.74) is 0.105. The number of rotatable bonds is 3. The minimum Gasteiger partial charge on any atom is -0.486 e. The van der Waals surface area contributed by atoms with Crippen molar-refractivity contribution in [3.05, 3.63) is 29.8 Å². The number of halogens is 2. The molecule has 2 nitrogen and oxygen atoms in total. The molecule has 1 aliphatic carbocycles. The molecule has 2 unspecified atom stereocenters. The lowest BCUT2D eigenvalue weighted by atomic mass is 9.72. The van der Waals surface area contributed by atoms with E-state index in [2.05, 4.69) is 19.2 Å². The molecule has 1 N–H and O–H groups in total. The highest BCUT2D eigenvalue weighted by Gasteiger charge is 2.39. The van der Waals surface area contributed by atoms with Gasteiger partial charge in [-0.1, -0.05) is 13.8 Å². The molecule has 0 spiro atoms. The number of benzene rings is 1. The molecule has 1 aliphatic rings. The molecule has 1 saturated carbocycles. The number of hydrogen-bond acceptors (Lipinski definition) is 2. The fraction of sp³-hybridized carbons (Fsp3) is 0.600. The van der Waals surface area contributed by atoms with Gasteiger partial charge < -0.3 is 10.1 Å². The standard InChI is InChI=1S/C15H21F2NO/c1-15(2)8-4-5-13(14(15)18-3)19-12-7-6-10(16)9-11(12)17/h6-7,9,13-14,18H,4-5,8H2,1-3H3. The van der Waals surface area contributed by atoms with Crippen molar-refractivity contribution >= 4 is 0 Å². The average Bonchev–Trinajstić information content (AvgIpc) is 2.32. The van der Waals surface area contributed by atoms with Crippen molar-refractivity contribution in [2.45, 2.75) is 45.3 Å². The van der Waals surface area contributed by atoms with Crippen LogP contribution in [-0.2, 0) is 0 Å². The Morgan fingerprint density at radius 3 is 2.68 bits per heavy atom. The first-order valence-electron chi connectivity index (χ1n) is 6.73. The van der Waals surface area contributed by atoms with E-state index in [9.17, 15) is 8.78 Å². The van der Waals surface area contributed by atoms with E-state index < -0.39 is 11.6 Å². The van der Waals surface area contributed by atoms with Crippen molar-refractivity contribution in [1.29, 1.82) is 0 Å². The molecule has 1 fully saturated rings. The summed E-state index contributed by atoms with van der Waals surface area (Å²) in [5.74, 6) is -1.10. The van der Waals surface area contributed by atoms with Gasteiger partial charge in [-0.3, -0.25) is 0 Å². The van der Waals surface area contributed by atoms with Crippen molar-refractivity contribution in [3.8, 4) is 5.75 Å². The van der Waals surface area contributed by atoms with E-state index in [0.29, 0.717) is 0 Å². The van der Waals surface area contributed by atoms with Gasteiger partial charge in [-0.2, -0.15) is 0 Å². The number of likely N-dealkylation sites (N-methyl/N-ethyl adjacent to an activating group) is 1. The van der Waals surface area contributed by atoms with Gasteiger partial charge in [0.15, 0.2) is 11.6 Å². The zero-order chi connectivity index (χ0) is 14.0. The van der Waals surface area contributed by atoms with Crippen LogP contribution in [0.3, 0.4) is 0 Å². The Labute approximate surface area is 113 Å². The molecule has 0 saturated heterocycles. The fourth-order valence-electron chi connectivity index (χ4n) is 3.02. The molecule has 4 heteroatoms. The largest absolute Gasteiger partial charge is 0.486 e. The van der Waals surface area contributed by atoms with E-state index in [0.717, 1.165) is 25.3 Å². The van der Waals surface area contributed by atoms with Crippen LogP contribution in [0.4, 0.5) is 8.78 Å². The summed E-state index contributed by atoms with van der Waals surface area (Å²) in [5, 5.41) is 3.27. The lowest BCUT2D eigenvalue weighted by Crippen LogP contribution is -2.53. The Hall–Kier alpha value is -1.16. The molecular weight excluding hydrogens is 248 g/mol. The van der Waals surface area contributed by atoms with Crippen LogP contribution in [0.25, 0.3) is 0 Å². The number of ether oxygens (including phenoxy) is 1. The molecule has 0 heterocycles. The van der Waals surface area contributed by atoms with Gasteiger partial charge in [0.25, 0.3) is 0 Å². The quantitative estimate of drug-likeness (QED) is 0.906. The molecule has 19 heavy (non-hydrogen) atoms. The van der Waals surface area contributed by atoms with Crippen molar-refractivity contribution in [3.63, 3.8) is 0 Å². The third kappa shape index (κ3) is 3.06. The maximum Gasteiger partial charge on any atom is 0.167 e. The lowest BCUT2D eigenvalue weighted by Gasteiger charge is -2.43. The summed E-state index contributed by atoms with van der Waals surface area (Å²) in [6.45, 7) is 4.37. The van der Waals surface area contributed by atoms with Gasteiger partial charge in [0.2, 0.25) is 0 Å². The highest BCUT2D eigenvalue weighted by Crippen LogP contribution is 2.37. The summed E-state index contributed by atoms with van der Waals surface area (Å²) in [6, 6.07) is 3.60. The molecule has 1 aromatic carbocycles. The second-order valence-electron chi connectivity index (χ2n) is 5.88. The Balaban J connectivity index is 2.17. The van der Waals surface area contributed by atoms with Crippen LogP contribution in [-0.4, -0.2) is 19.2 Å². The summed E-state index contributed by atoms with van der Waals surface area (Å²) in [4.78, 5) is 0. The third-order valence-corrected chi connectivity index (χ3v) is 4.01. The highest BCUT2D eigenvalue weighted by atomic mass is 19.1. The Kier molecular flexibility index (Phi) is 4.09. The van der Waals surface area contributed by atoms with Crippen LogP contribution in [0, 0.1) is 17.0 Å². The Morgan fingerprint density at radius 2 is 2.05 bits per heavy atom. The molecule has 2 rings (SSSR count). The van der Waals surface area contributed by atoms with Gasteiger partial charge in [0, 0.05) is 12.1 Å². The third-order valence-electron chi connectivity index (χ3n) is 4.01. The second-order valence-corrected chi connectivity index (χ2v) is 5.88. The number of hydrogen-bond donors (Lipinski definition) is 1. The molecule has 0 aliphatic heterocycles. The van der Waals surface area contributed by atoms with Gasteiger partial charge in [-0.25, -0.2) is 8.78 Å². The predicted octanol–water partition coefficient (Wildman–Crippen LogP) is 3.51. The first-order valence-corrected chi connectivity index (χ1v) is 6.73. The summed E-state index contributed by atoms with van der Waals surface area (Å²) >= 11 is 0. The molecule has 0 amide bonds. The van der Waals surface area contributed by atoms with Crippen LogP contribution < -0.4 is 10.1 Å². The zero-order valence-corrected chi connectivity index (χ0v) is 11.7. The first kappa shape index (κ1) is 14.3. The molecule has 106 valence electrons. The predicted molar refractivity (Wildman–Crippen MR) is 71.3 cm³/mol. The van der Waals surface area contributed by atoms with E-state index in [1.165, 1.54) is 12.1 Å². The van der Waals surface area contributed by atoms with Crippen molar-refractivity contribution in [2.75, 3.05) is 7.05 Å². The molecule has 1 aromatic rings. The molecule has 0 aromatic heterocycles. The average molecular weight is 269 g/mol. The summed E-state index contributed by atoms with van der Waals surface area (Å²) in [6.07, 6.45) is 2.96. The Bertz CT molecular complexity index is 448. The van der Waals surface area contributed by atoms with E-state index in [4.69, 9.17) is 4.74 Å². The minimum absolute atomic E-state index is 0.0892. The summed E-state index contributed by atoms with van der Waals surface area (Å²) in [7, 11) is 1.90. The van der Waals surface area contributed by atoms with Gasteiger partial charge in [0.05, 0.1) is 0 Å². The molecular formula is C15H21F2NO. The van der Waals surface area contributed by atoms with Crippen LogP contribution in [0.5, 0.6) is 5.75 Å². The molecule has 2 atom stereocenters. The van der Waals surface area contributed by atoms with Crippen molar-refractivity contribution < 1.29 is 13.5 Å². The van der Waals surface area contributed by atoms with Crippen LogP contribution >= 0.6 is 0 Å². The van der Waals surface area contributed by atoms with E-state index in [-0.39, 0.29) is 23.3 Å². The van der Waals surface area contributed by atoms with E-state index >= 15 is 0 Å². The van der Waals surface area contributed by atoms with Gasteiger partial charge >= 0.3 is 0 Å². The zero-order valence-electron chi connectivity index (χ0n) is 11.7. The van der Waals surface area contributed by atoms with Crippen LogP contribution in [0.15, 0.2) is 18.2 Å². The topological polar surface area (TPSA) is 21.3 Å².